The van der Waals surface area contributed by atoms with Crippen molar-refractivity contribution in [1.82, 2.24) is 15.5 Å². The Bertz CT molecular complexity index is 683. The number of carbonyl (C=O) groups excluding carboxylic acids is 2. The van der Waals surface area contributed by atoms with Gasteiger partial charge >= 0.3 is 0 Å². The Kier molecular flexibility index (Phi) is 7.98. The molecule has 1 heterocycles. The monoisotopic (exact) mass is 384 g/mol. The summed E-state index contributed by atoms with van der Waals surface area (Å²) in [6.45, 7) is 4.55. The average Bonchev–Trinajstić information content (AvgIpc) is 3.07. The molecule has 1 aliphatic rings. The first kappa shape index (κ1) is 21.9. The van der Waals surface area contributed by atoms with Crippen LogP contribution in [0.2, 0.25) is 0 Å². The van der Waals surface area contributed by atoms with Crippen LogP contribution in [-0.4, -0.2) is 53.9 Å². The molecule has 144 valence electrons. The molecule has 0 aromatic heterocycles. The molecule has 2 unspecified atom stereocenters. The van der Waals surface area contributed by atoms with Gasteiger partial charge in [-0.15, -0.1) is 12.4 Å². The van der Waals surface area contributed by atoms with Crippen molar-refractivity contribution >= 4 is 29.9 Å². The van der Waals surface area contributed by atoms with Gasteiger partial charge in [-0.05, 0) is 45.9 Å². The smallest absolute Gasteiger partial charge is 0.272 e. The van der Waals surface area contributed by atoms with Gasteiger partial charge in [-0.2, -0.15) is 0 Å². The number of hydrogen-bond donors (Lipinski definition) is 2. The minimum Gasteiger partial charge on any atom is -0.353 e. The molecule has 1 aliphatic heterocycles. The number of nitro benzene ring substituents is 1. The number of amides is 2. The highest BCUT2D eigenvalue weighted by Crippen LogP contribution is 2.24. The molecule has 1 fully saturated rings. The van der Waals surface area contributed by atoms with Crippen molar-refractivity contribution in [3.8, 4) is 0 Å². The summed E-state index contributed by atoms with van der Waals surface area (Å²) in [5.74, 6) is -0.427. The minimum atomic E-state index is -0.493. The van der Waals surface area contributed by atoms with Gasteiger partial charge in [-0.25, -0.2) is 0 Å². The van der Waals surface area contributed by atoms with Crippen molar-refractivity contribution in [1.29, 1.82) is 0 Å². The second-order valence-corrected chi connectivity index (χ2v) is 6.35. The van der Waals surface area contributed by atoms with Crippen LogP contribution in [-0.2, 0) is 4.79 Å². The minimum absolute atomic E-state index is 0. The SMILES string of the molecule is CNC(C)CNC(=O)C1CCCN1C(=O)c1ccc([N+](=O)[O-])c(C)c1.Cl. The molecule has 1 saturated heterocycles. The second kappa shape index (κ2) is 9.49. The number of nitrogens with one attached hydrogen (secondary N) is 2. The highest BCUT2D eigenvalue weighted by atomic mass is 35.5. The summed E-state index contributed by atoms with van der Waals surface area (Å²) in [5.41, 5.74) is 0.776. The van der Waals surface area contributed by atoms with Crippen molar-refractivity contribution < 1.29 is 14.5 Å². The molecule has 9 heteroatoms. The molecule has 2 rings (SSSR count). The van der Waals surface area contributed by atoms with Gasteiger partial charge in [0.2, 0.25) is 5.91 Å². The van der Waals surface area contributed by atoms with Gasteiger partial charge in [0.15, 0.2) is 0 Å². The Morgan fingerprint density at radius 1 is 1.42 bits per heavy atom. The molecule has 0 saturated carbocycles. The third-order valence-electron chi connectivity index (χ3n) is 4.53. The van der Waals surface area contributed by atoms with Gasteiger partial charge < -0.3 is 15.5 Å². The lowest BCUT2D eigenvalue weighted by atomic mass is 10.1. The maximum atomic E-state index is 12.8. The lowest BCUT2D eigenvalue weighted by molar-refractivity contribution is -0.385. The summed E-state index contributed by atoms with van der Waals surface area (Å²) in [4.78, 5) is 37.1. The molecule has 0 aliphatic carbocycles. The number of benzene rings is 1. The Balaban J connectivity index is 0.00000338. The van der Waals surface area contributed by atoms with E-state index in [4.69, 9.17) is 0 Å². The quantitative estimate of drug-likeness (QED) is 0.573. The van der Waals surface area contributed by atoms with E-state index >= 15 is 0 Å². The van der Waals surface area contributed by atoms with Crippen LogP contribution in [0.5, 0.6) is 0 Å². The molecular weight excluding hydrogens is 360 g/mol. The van der Waals surface area contributed by atoms with E-state index < -0.39 is 11.0 Å². The van der Waals surface area contributed by atoms with Crippen molar-refractivity contribution in [3.63, 3.8) is 0 Å². The molecular formula is C17H25ClN4O4. The summed E-state index contributed by atoms with van der Waals surface area (Å²) in [6.07, 6.45) is 1.38. The number of halogens is 1. The molecule has 2 amide bonds. The first-order chi connectivity index (χ1) is 11.8. The Hall–Kier alpha value is -2.19. The van der Waals surface area contributed by atoms with Crippen LogP contribution in [0.3, 0.4) is 0 Å². The van der Waals surface area contributed by atoms with Gasteiger partial charge in [0.25, 0.3) is 11.6 Å². The predicted molar refractivity (Wildman–Crippen MR) is 101 cm³/mol. The molecule has 2 N–H and O–H groups in total. The third kappa shape index (κ3) is 4.92. The topological polar surface area (TPSA) is 105 Å². The van der Waals surface area contributed by atoms with Crippen LogP contribution < -0.4 is 10.6 Å². The third-order valence-corrected chi connectivity index (χ3v) is 4.53. The number of rotatable bonds is 6. The Morgan fingerprint density at radius 2 is 2.12 bits per heavy atom. The van der Waals surface area contributed by atoms with E-state index in [2.05, 4.69) is 10.6 Å². The zero-order chi connectivity index (χ0) is 18.6. The number of likely N-dealkylation sites (N-methyl/N-ethyl adjacent to an activating group) is 1. The van der Waals surface area contributed by atoms with Crippen molar-refractivity contribution in [2.75, 3.05) is 20.1 Å². The standard InChI is InChI=1S/C17H24N4O4.ClH/c1-11-9-13(6-7-14(11)21(24)25)17(23)20-8-4-5-15(20)16(22)19-10-12(2)18-3;/h6-7,9,12,15,18H,4-5,8,10H2,1-3H3,(H,19,22);1H. The number of nitro groups is 1. The number of hydrogen-bond acceptors (Lipinski definition) is 5. The Labute approximate surface area is 158 Å². The van der Waals surface area contributed by atoms with Crippen LogP contribution in [0.4, 0.5) is 5.69 Å². The van der Waals surface area contributed by atoms with Crippen LogP contribution in [0.25, 0.3) is 0 Å². The molecule has 2 atom stereocenters. The highest BCUT2D eigenvalue weighted by Gasteiger charge is 2.34. The Morgan fingerprint density at radius 3 is 2.69 bits per heavy atom. The summed E-state index contributed by atoms with van der Waals surface area (Å²) in [6, 6.07) is 3.95. The van der Waals surface area contributed by atoms with E-state index in [0.29, 0.717) is 30.6 Å². The molecule has 26 heavy (non-hydrogen) atoms. The molecule has 1 aromatic rings. The van der Waals surface area contributed by atoms with Crippen molar-refractivity contribution in [2.24, 2.45) is 0 Å². The first-order valence-corrected chi connectivity index (χ1v) is 8.36. The first-order valence-electron chi connectivity index (χ1n) is 8.36. The summed E-state index contributed by atoms with van der Waals surface area (Å²) >= 11 is 0. The normalized spacial score (nSPS) is 17.3. The van der Waals surface area contributed by atoms with E-state index in [-0.39, 0.29) is 36.0 Å². The maximum absolute atomic E-state index is 12.8. The van der Waals surface area contributed by atoms with Crippen LogP contribution in [0, 0.1) is 17.0 Å². The van der Waals surface area contributed by atoms with Crippen molar-refractivity contribution in [3.05, 3.63) is 39.4 Å². The van der Waals surface area contributed by atoms with Crippen molar-refractivity contribution in [2.45, 2.75) is 38.8 Å². The molecule has 0 bridgehead atoms. The highest BCUT2D eigenvalue weighted by molar-refractivity contribution is 5.98. The lowest BCUT2D eigenvalue weighted by Gasteiger charge is -2.24. The van der Waals surface area contributed by atoms with Gasteiger partial charge in [0, 0.05) is 36.3 Å². The number of nitrogens with zero attached hydrogens (tertiary/aromatic N) is 2. The molecule has 0 spiro atoms. The van der Waals surface area contributed by atoms with Crippen LogP contribution >= 0.6 is 12.4 Å². The summed E-state index contributed by atoms with van der Waals surface area (Å²) < 4.78 is 0. The molecule has 1 aromatic carbocycles. The molecule has 0 radical (unpaired) electrons. The zero-order valence-electron chi connectivity index (χ0n) is 15.2. The average molecular weight is 385 g/mol. The number of aryl methyl sites for hydroxylation is 1. The number of carbonyl (C=O) groups is 2. The van der Waals surface area contributed by atoms with Gasteiger partial charge in [-0.1, -0.05) is 0 Å². The summed E-state index contributed by atoms with van der Waals surface area (Å²) in [5, 5.41) is 16.8. The lowest BCUT2D eigenvalue weighted by Crippen LogP contribution is -2.48. The van der Waals surface area contributed by atoms with Gasteiger partial charge in [0.1, 0.15) is 6.04 Å². The van der Waals surface area contributed by atoms with E-state index in [1.54, 1.807) is 11.8 Å². The van der Waals surface area contributed by atoms with Gasteiger partial charge in [0.05, 0.1) is 4.92 Å². The van der Waals surface area contributed by atoms with E-state index in [1.165, 1.54) is 18.2 Å². The van der Waals surface area contributed by atoms with Crippen LogP contribution in [0.1, 0.15) is 35.7 Å². The van der Waals surface area contributed by atoms with E-state index in [0.717, 1.165) is 6.42 Å². The van der Waals surface area contributed by atoms with Crippen LogP contribution in [0.15, 0.2) is 18.2 Å². The second-order valence-electron chi connectivity index (χ2n) is 6.35. The number of likely N-dealkylation sites (tertiary alicyclic amines) is 1. The predicted octanol–water partition coefficient (Wildman–Crippen LogP) is 1.65. The summed E-state index contributed by atoms with van der Waals surface area (Å²) in [7, 11) is 1.82. The largest absolute Gasteiger partial charge is 0.353 e. The zero-order valence-corrected chi connectivity index (χ0v) is 16.0. The fraction of sp³-hybridized carbons (Fsp3) is 0.529. The van der Waals surface area contributed by atoms with E-state index in [9.17, 15) is 19.7 Å². The fourth-order valence-electron chi connectivity index (χ4n) is 2.92. The maximum Gasteiger partial charge on any atom is 0.272 e. The fourth-order valence-corrected chi connectivity index (χ4v) is 2.92. The molecule has 8 nitrogen and oxygen atoms in total. The van der Waals surface area contributed by atoms with E-state index in [1.807, 2.05) is 14.0 Å². The van der Waals surface area contributed by atoms with Gasteiger partial charge in [-0.3, -0.25) is 19.7 Å².